The van der Waals surface area contributed by atoms with E-state index < -0.39 is 0 Å². The molecular weight excluding hydrogens is 90.1 g/mol. The summed E-state index contributed by atoms with van der Waals surface area (Å²) in [4.78, 5) is 10.4. The Kier molecular flexibility index (Phi) is 1.42. The monoisotopic (exact) mass is 98.1 g/mol. The molecule has 0 saturated carbocycles. The SMILES string of the molecule is O=C1CC[CH]NC1. The van der Waals surface area contributed by atoms with Gasteiger partial charge in [-0.2, -0.15) is 0 Å². The fourth-order valence-corrected chi connectivity index (χ4v) is 0.610. The van der Waals surface area contributed by atoms with Crippen molar-refractivity contribution in [2.24, 2.45) is 0 Å². The molecule has 0 unspecified atom stereocenters. The number of rotatable bonds is 0. The maximum absolute atomic E-state index is 10.4. The van der Waals surface area contributed by atoms with Gasteiger partial charge < -0.3 is 5.32 Å². The van der Waals surface area contributed by atoms with E-state index in [1.807, 2.05) is 6.54 Å². The Bertz CT molecular complexity index is 72.1. The second kappa shape index (κ2) is 2.07. The van der Waals surface area contributed by atoms with Crippen LogP contribution in [0.4, 0.5) is 0 Å². The van der Waals surface area contributed by atoms with Crippen molar-refractivity contribution in [3.8, 4) is 0 Å². The summed E-state index contributed by atoms with van der Waals surface area (Å²) in [6, 6.07) is 0. The summed E-state index contributed by atoms with van der Waals surface area (Å²) in [5.41, 5.74) is 0. The molecule has 2 heteroatoms. The molecule has 0 aromatic carbocycles. The first kappa shape index (κ1) is 4.78. The van der Waals surface area contributed by atoms with Gasteiger partial charge in [-0.25, -0.2) is 0 Å². The molecule has 1 heterocycles. The van der Waals surface area contributed by atoms with Crippen molar-refractivity contribution in [2.75, 3.05) is 6.54 Å². The summed E-state index contributed by atoms with van der Waals surface area (Å²) in [5.74, 6) is 0.322. The summed E-state index contributed by atoms with van der Waals surface area (Å²) < 4.78 is 0. The van der Waals surface area contributed by atoms with Crippen molar-refractivity contribution in [1.82, 2.24) is 5.32 Å². The van der Waals surface area contributed by atoms with Gasteiger partial charge in [-0.05, 0) is 6.42 Å². The summed E-state index contributed by atoms with van der Waals surface area (Å²) in [7, 11) is 0. The highest BCUT2D eigenvalue weighted by Crippen LogP contribution is 1.96. The highest BCUT2D eigenvalue weighted by Gasteiger charge is 2.05. The van der Waals surface area contributed by atoms with E-state index in [9.17, 15) is 4.79 Å². The summed E-state index contributed by atoms with van der Waals surface area (Å²) >= 11 is 0. The molecule has 7 heavy (non-hydrogen) atoms. The van der Waals surface area contributed by atoms with E-state index >= 15 is 0 Å². The van der Waals surface area contributed by atoms with Crippen LogP contribution in [0.3, 0.4) is 0 Å². The quantitative estimate of drug-likeness (QED) is 0.465. The zero-order valence-corrected chi connectivity index (χ0v) is 4.11. The lowest BCUT2D eigenvalue weighted by molar-refractivity contribution is -0.118. The Morgan fingerprint density at radius 3 is 2.86 bits per heavy atom. The van der Waals surface area contributed by atoms with Crippen LogP contribution in [0.1, 0.15) is 12.8 Å². The molecule has 1 fully saturated rings. The molecule has 0 aliphatic carbocycles. The molecule has 0 spiro atoms. The molecule has 0 aromatic heterocycles. The molecule has 2 nitrogen and oxygen atoms in total. The first-order valence-corrected chi connectivity index (χ1v) is 2.46. The Hall–Kier alpha value is -0.370. The molecular formula is C5H8NO. The smallest absolute Gasteiger partial charge is 0.146 e. The molecule has 1 radical (unpaired) electrons. The van der Waals surface area contributed by atoms with Gasteiger partial charge in [0.15, 0.2) is 0 Å². The molecule has 1 rings (SSSR count). The average Bonchev–Trinajstić information content (AvgIpc) is 1.69. The van der Waals surface area contributed by atoms with E-state index in [-0.39, 0.29) is 0 Å². The van der Waals surface area contributed by atoms with Crippen LogP contribution in [0.2, 0.25) is 0 Å². The van der Waals surface area contributed by atoms with Crippen LogP contribution in [0, 0.1) is 6.54 Å². The van der Waals surface area contributed by atoms with Crippen molar-refractivity contribution >= 4 is 5.78 Å². The van der Waals surface area contributed by atoms with E-state index in [0.717, 1.165) is 12.8 Å². The third kappa shape index (κ3) is 1.27. The molecule has 1 N–H and O–H groups in total. The highest BCUT2D eigenvalue weighted by molar-refractivity contribution is 5.81. The number of Topliss-reactive ketones (excluding diaryl/α,β-unsaturated/α-hetero) is 1. The van der Waals surface area contributed by atoms with E-state index in [0.29, 0.717) is 12.3 Å². The molecule has 1 aliphatic rings. The van der Waals surface area contributed by atoms with Crippen LogP contribution in [0.15, 0.2) is 0 Å². The second-order valence-electron chi connectivity index (χ2n) is 1.66. The Morgan fingerprint density at radius 1 is 1.71 bits per heavy atom. The number of carbonyl (C=O) groups excluding carboxylic acids is 1. The fraction of sp³-hybridized carbons (Fsp3) is 0.600. The minimum atomic E-state index is 0.322. The average molecular weight is 98.1 g/mol. The van der Waals surface area contributed by atoms with Crippen LogP contribution in [-0.4, -0.2) is 12.3 Å². The minimum absolute atomic E-state index is 0.322. The standard InChI is InChI=1S/C5H8NO/c7-5-2-1-3-6-4-5/h3,6H,1-2,4H2. The van der Waals surface area contributed by atoms with Gasteiger partial charge >= 0.3 is 0 Å². The topological polar surface area (TPSA) is 29.1 Å². The number of carbonyl (C=O) groups is 1. The van der Waals surface area contributed by atoms with Crippen molar-refractivity contribution in [2.45, 2.75) is 12.8 Å². The molecule has 1 saturated heterocycles. The third-order valence-electron chi connectivity index (χ3n) is 1.01. The number of hydrogen-bond acceptors (Lipinski definition) is 2. The van der Waals surface area contributed by atoms with Gasteiger partial charge in [-0.1, -0.05) is 0 Å². The van der Waals surface area contributed by atoms with Crippen LogP contribution >= 0.6 is 0 Å². The fourth-order valence-electron chi connectivity index (χ4n) is 0.610. The van der Waals surface area contributed by atoms with Crippen LogP contribution < -0.4 is 5.32 Å². The Morgan fingerprint density at radius 2 is 2.57 bits per heavy atom. The van der Waals surface area contributed by atoms with Crippen molar-refractivity contribution in [1.29, 1.82) is 0 Å². The molecule has 39 valence electrons. The van der Waals surface area contributed by atoms with Gasteiger partial charge in [0.25, 0.3) is 0 Å². The van der Waals surface area contributed by atoms with Crippen molar-refractivity contribution in [3.63, 3.8) is 0 Å². The van der Waals surface area contributed by atoms with Gasteiger partial charge in [0.05, 0.1) is 6.54 Å². The lowest BCUT2D eigenvalue weighted by Gasteiger charge is -2.07. The molecule has 0 aromatic rings. The first-order chi connectivity index (χ1) is 3.39. The normalized spacial score (nSPS) is 22.6. The van der Waals surface area contributed by atoms with Gasteiger partial charge in [0, 0.05) is 13.0 Å². The summed E-state index contributed by atoms with van der Waals surface area (Å²) in [5, 5.41) is 2.86. The zero-order chi connectivity index (χ0) is 5.11. The summed E-state index contributed by atoms with van der Waals surface area (Å²) in [6.07, 6.45) is 1.63. The number of nitrogens with one attached hydrogen (secondary N) is 1. The predicted molar refractivity (Wildman–Crippen MR) is 26.5 cm³/mol. The van der Waals surface area contributed by atoms with Crippen molar-refractivity contribution < 1.29 is 4.79 Å². The van der Waals surface area contributed by atoms with Crippen LogP contribution in [0.5, 0.6) is 0 Å². The first-order valence-electron chi connectivity index (χ1n) is 2.46. The van der Waals surface area contributed by atoms with Gasteiger partial charge in [0.1, 0.15) is 5.78 Å². The number of hydrogen-bond donors (Lipinski definition) is 1. The molecule has 1 aliphatic heterocycles. The number of piperidine rings is 1. The molecule has 0 bridgehead atoms. The predicted octanol–water partition coefficient (Wildman–Crippen LogP) is 0.101. The maximum atomic E-state index is 10.4. The van der Waals surface area contributed by atoms with E-state index in [4.69, 9.17) is 0 Å². The highest BCUT2D eigenvalue weighted by atomic mass is 16.1. The second-order valence-corrected chi connectivity index (χ2v) is 1.66. The Labute approximate surface area is 42.9 Å². The van der Waals surface area contributed by atoms with Gasteiger partial charge in [-0.3, -0.25) is 4.79 Å². The van der Waals surface area contributed by atoms with Crippen molar-refractivity contribution in [3.05, 3.63) is 6.54 Å². The minimum Gasteiger partial charge on any atom is -0.306 e. The van der Waals surface area contributed by atoms with Gasteiger partial charge in [0.2, 0.25) is 0 Å². The lowest BCUT2D eigenvalue weighted by atomic mass is 10.1. The zero-order valence-electron chi connectivity index (χ0n) is 4.11. The lowest BCUT2D eigenvalue weighted by Crippen LogP contribution is -2.25. The Balaban J connectivity index is 2.25. The van der Waals surface area contributed by atoms with Gasteiger partial charge in [-0.15, -0.1) is 0 Å². The molecule has 0 amide bonds. The number of ketones is 1. The van der Waals surface area contributed by atoms with E-state index in [1.165, 1.54) is 0 Å². The largest absolute Gasteiger partial charge is 0.306 e. The van der Waals surface area contributed by atoms with Crippen LogP contribution in [0.25, 0.3) is 0 Å². The van der Waals surface area contributed by atoms with Crippen LogP contribution in [-0.2, 0) is 4.79 Å². The summed E-state index contributed by atoms with van der Waals surface area (Å²) in [6.45, 7) is 2.47. The maximum Gasteiger partial charge on any atom is 0.146 e. The van der Waals surface area contributed by atoms with E-state index in [2.05, 4.69) is 5.32 Å². The van der Waals surface area contributed by atoms with E-state index in [1.54, 1.807) is 0 Å². The molecule has 0 atom stereocenters. The third-order valence-corrected chi connectivity index (χ3v) is 1.01.